The molecule has 2 aromatic carbocycles. The molecule has 0 saturated carbocycles. The molecule has 2 aromatic rings. The lowest BCUT2D eigenvalue weighted by molar-refractivity contribution is 0.468. The lowest BCUT2D eigenvalue weighted by atomic mass is 9.97. The maximum Gasteiger partial charge on any atom is 0.132 e. The Kier molecular flexibility index (Phi) is 3.62. The molecule has 0 saturated heterocycles. The number of aliphatic imine (C=N–C) groups is 1. The van der Waals surface area contributed by atoms with E-state index in [0.29, 0.717) is 17.7 Å². The smallest absolute Gasteiger partial charge is 0.132 e. The van der Waals surface area contributed by atoms with Gasteiger partial charge in [-0.3, -0.25) is 4.99 Å². The van der Waals surface area contributed by atoms with Gasteiger partial charge in [-0.05, 0) is 25.0 Å². The van der Waals surface area contributed by atoms with Crippen LogP contribution in [0.5, 0.6) is 11.5 Å². The van der Waals surface area contributed by atoms with Crippen LogP contribution in [-0.4, -0.2) is 28.5 Å². The molecule has 3 rings (SSSR count). The molecule has 1 aliphatic rings. The van der Waals surface area contributed by atoms with E-state index in [0.717, 1.165) is 24.1 Å². The second kappa shape index (κ2) is 5.58. The van der Waals surface area contributed by atoms with E-state index in [1.807, 2.05) is 18.2 Å². The summed E-state index contributed by atoms with van der Waals surface area (Å²) in [5.41, 5.74) is 8.50. The third-order valence-corrected chi connectivity index (χ3v) is 3.87. The van der Waals surface area contributed by atoms with Gasteiger partial charge in [-0.2, -0.15) is 0 Å². The second-order valence-electron chi connectivity index (χ2n) is 5.22. The molecule has 0 amide bonds. The van der Waals surface area contributed by atoms with E-state index >= 15 is 0 Å². The van der Waals surface area contributed by atoms with E-state index in [2.05, 4.69) is 4.99 Å². The minimum atomic E-state index is 0.146. The number of phenols is 2. The third kappa shape index (κ3) is 2.50. The van der Waals surface area contributed by atoms with Crippen LogP contribution in [0.15, 0.2) is 47.5 Å². The van der Waals surface area contributed by atoms with Crippen molar-refractivity contribution in [3.8, 4) is 22.6 Å². The highest BCUT2D eigenvalue weighted by molar-refractivity contribution is 6.05. The number of nitrogens with zero attached hydrogens (tertiary/aromatic N) is 1. The predicted octanol–water partition coefficient (Wildman–Crippen LogP) is 2.68. The summed E-state index contributed by atoms with van der Waals surface area (Å²) < 4.78 is 0. The van der Waals surface area contributed by atoms with Crippen molar-refractivity contribution in [2.75, 3.05) is 6.54 Å². The lowest BCUT2D eigenvalue weighted by Crippen LogP contribution is -2.14. The summed E-state index contributed by atoms with van der Waals surface area (Å²) in [5, 5.41) is 20.5. The highest BCUT2D eigenvalue weighted by atomic mass is 16.3. The number of nitrogens with two attached hydrogens (primary N) is 1. The van der Waals surface area contributed by atoms with Crippen LogP contribution in [0.4, 0.5) is 0 Å². The second-order valence-corrected chi connectivity index (χ2v) is 5.22. The number of hydrogen-bond acceptors (Lipinski definition) is 4. The molecule has 21 heavy (non-hydrogen) atoms. The lowest BCUT2D eigenvalue weighted by Gasteiger charge is -2.11. The van der Waals surface area contributed by atoms with Gasteiger partial charge >= 0.3 is 0 Å². The molecule has 1 heterocycles. The van der Waals surface area contributed by atoms with E-state index in [9.17, 15) is 10.2 Å². The van der Waals surface area contributed by atoms with Crippen molar-refractivity contribution in [1.82, 2.24) is 0 Å². The maximum atomic E-state index is 10.6. The largest absolute Gasteiger partial charge is 0.507 e. The van der Waals surface area contributed by atoms with Crippen LogP contribution in [0, 0.1) is 0 Å². The Bertz CT molecular complexity index is 695. The third-order valence-electron chi connectivity index (χ3n) is 3.87. The minimum Gasteiger partial charge on any atom is -0.507 e. The van der Waals surface area contributed by atoms with Crippen LogP contribution in [-0.2, 0) is 0 Å². The quantitative estimate of drug-likeness (QED) is 0.809. The van der Waals surface area contributed by atoms with Gasteiger partial charge in [0, 0.05) is 28.9 Å². The predicted molar refractivity (Wildman–Crippen MR) is 83.8 cm³/mol. The molecule has 4 heteroatoms. The molecule has 0 radical (unpaired) electrons. The normalized spacial score (nSPS) is 17.8. The molecule has 1 aliphatic heterocycles. The van der Waals surface area contributed by atoms with Gasteiger partial charge in [0.05, 0.1) is 6.04 Å². The summed E-state index contributed by atoms with van der Waals surface area (Å²) in [6.07, 6.45) is 1.74. The van der Waals surface area contributed by atoms with E-state index in [1.54, 1.807) is 24.3 Å². The molecule has 0 spiro atoms. The Hall–Kier alpha value is -2.33. The molecule has 108 valence electrons. The topological polar surface area (TPSA) is 78.8 Å². The van der Waals surface area contributed by atoms with Crippen molar-refractivity contribution in [2.24, 2.45) is 10.7 Å². The molecule has 0 aromatic heterocycles. The Morgan fingerprint density at radius 3 is 2.43 bits per heavy atom. The number of hydrogen-bond donors (Lipinski definition) is 3. The molecule has 4 nitrogen and oxygen atoms in total. The number of rotatable bonds is 3. The molecule has 4 N–H and O–H groups in total. The minimum absolute atomic E-state index is 0.146. The molecule has 0 bridgehead atoms. The SMILES string of the molecule is NCC1CCC(c2cccc(-c3ccccc3O)c2O)=N1. The van der Waals surface area contributed by atoms with Gasteiger partial charge in [-0.15, -0.1) is 0 Å². The number of para-hydroxylation sites is 2. The average Bonchev–Trinajstić information content (AvgIpc) is 2.97. The van der Waals surface area contributed by atoms with Gasteiger partial charge in [0.15, 0.2) is 0 Å². The van der Waals surface area contributed by atoms with Crippen molar-refractivity contribution < 1.29 is 10.2 Å². The summed E-state index contributed by atoms with van der Waals surface area (Å²) in [5.74, 6) is 0.313. The van der Waals surface area contributed by atoms with Crippen LogP contribution in [0.25, 0.3) is 11.1 Å². The summed E-state index contributed by atoms with van der Waals surface area (Å²) >= 11 is 0. The highest BCUT2D eigenvalue weighted by Gasteiger charge is 2.21. The van der Waals surface area contributed by atoms with Gasteiger partial charge < -0.3 is 15.9 Å². The zero-order chi connectivity index (χ0) is 14.8. The number of phenolic OH excluding ortho intramolecular Hbond substituents is 2. The van der Waals surface area contributed by atoms with E-state index < -0.39 is 0 Å². The first-order valence-corrected chi connectivity index (χ1v) is 7.08. The zero-order valence-corrected chi connectivity index (χ0v) is 11.7. The summed E-state index contributed by atoms with van der Waals surface area (Å²) in [7, 11) is 0. The van der Waals surface area contributed by atoms with Gasteiger partial charge in [-0.25, -0.2) is 0 Å². The first-order valence-electron chi connectivity index (χ1n) is 7.08. The fourth-order valence-corrected chi connectivity index (χ4v) is 2.72. The van der Waals surface area contributed by atoms with Crippen molar-refractivity contribution in [3.63, 3.8) is 0 Å². The molecule has 1 atom stereocenters. The van der Waals surface area contributed by atoms with Crippen LogP contribution in [0.3, 0.4) is 0 Å². The maximum absolute atomic E-state index is 10.6. The molecule has 0 fully saturated rings. The van der Waals surface area contributed by atoms with Crippen molar-refractivity contribution >= 4 is 5.71 Å². The summed E-state index contributed by atoms with van der Waals surface area (Å²) in [6, 6.07) is 12.7. The Balaban J connectivity index is 2.06. The van der Waals surface area contributed by atoms with Crippen LogP contribution in [0.1, 0.15) is 18.4 Å². The van der Waals surface area contributed by atoms with Gasteiger partial charge in [0.25, 0.3) is 0 Å². The summed E-state index contributed by atoms with van der Waals surface area (Å²) in [6.45, 7) is 0.531. The Labute approximate surface area is 123 Å². The molecule has 1 unspecified atom stereocenters. The summed E-state index contributed by atoms with van der Waals surface area (Å²) in [4.78, 5) is 4.56. The van der Waals surface area contributed by atoms with Crippen LogP contribution >= 0.6 is 0 Å². The standard InChI is InChI=1S/C17H18N2O2/c18-10-11-8-9-15(19-11)14-6-3-5-13(17(14)21)12-4-1-2-7-16(12)20/h1-7,11,20-21H,8-10,18H2. The fraction of sp³-hybridized carbons (Fsp3) is 0.235. The van der Waals surface area contributed by atoms with Crippen molar-refractivity contribution in [2.45, 2.75) is 18.9 Å². The van der Waals surface area contributed by atoms with E-state index in [4.69, 9.17) is 5.73 Å². The average molecular weight is 282 g/mol. The first kappa shape index (κ1) is 13.6. The van der Waals surface area contributed by atoms with Crippen LogP contribution < -0.4 is 5.73 Å². The van der Waals surface area contributed by atoms with E-state index in [-0.39, 0.29) is 17.5 Å². The number of aromatic hydroxyl groups is 2. The van der Waals surface area contributed by atoms with E-state index in [1.165, 1.54) is 0 Å². The number of benzene rings is 2. The first-order chi connectivity index (χ1) is 10.2. The Morgan fingerprint density at radius 2 is 1.71 bits per heavy atom. The highest BCUT2D eigenvalue weighted by Crippen LogP contribution is 2.38. The van der Waals surface area contributed by atoms with Crippen molar-refractivity contribution in [1.29, 1.82) is 0 Å². The van der Waals surface area contributed by atoms with Gasteiger partial charge in [-0.1, -0.05) is 30.3 Å². The molecular formula is C17H18N2O2. The monoisotopic (exact) mass is 282 g/mol. The molecule has 0 aliphatic carbocycles. The van der Waals surface area contributed by atoms with Gasteiger partial charge in [0.2, 0.25) is 0 Å². The van der Waals surface area contributed by atoms with Gasteiger partial charge in [0.1, 0.15) is 11.5 Å². The van der Waals surface area contributed by atoms with Crippen molar-refractivity contribution in [3.05, 3.63) is 48.0 Å². The Morgan fingerprint density at radius 1 is 1.00 bits per heavy atom. The zero-order valence-electron chi connectivity index (χ0n) is 11.7. The van der Waals surface area contributed by atoms with Crippen LogP contribution in [0.2, 0.25) is 0 Å². The molecular weight excluding hydrogens is 264 g/mol. The fourth-order valence-electron chi connectivity index (χ4n) is 2.72.